The Bertz CT molecular complexity index is 123. The monoisotopic (exact) mass is 158 g/mol. The van der Waals surface area contributed by atoms with Gasteiger partial charge in [-0.15, -0.1) is 0 Å². The molecule has 0 atom stereocenters. The quantitative estimate of drug-likeness (QED) is 0.347. The van der Waals surface area contributed by atoms with Gasteiger partial charge in [0.1, 0.15) is 0 Å². The third-order valence-corrected chi connectivity index (χ3v) is 4.52. The van der Waals surface area contributed by atoms with Crippen LogP contribution in [0, 0.1) is 0 Å². The molecule has 0 heterocycles. The van der Waals surface area contributed by atoms with Crippen molar-refractivity contribution >= 4 is 29.4 Å². The van der Waals surface area contributed by atoms with Crippen molar-refractivity contribution in [3.63, 3.8) is 0 Å². The minimum absolute atomic E-state index is 0.747. The van der Waals surface area contributed by atoms with Crippen molar-refractivity contribution in [1.29, 1.82) is 0 Å². The molecule has 0 saturated carbocycles. The lowest BCUT2D eigenvalue weighted by Crippen LogP contribution is -2.07. The molecule has 0 aromatic rings. The Labute approximate surface area is 47.0 Å². The van der Waals surface area contributed by atoms with E-state index < -0.39 is 19.7 Å². The van der Waals surface area contributed by atoms with Crippen LogP contribution in [0.15, 0.2) is 0 Å². The number of hydrogen-bond donors (Lipinski definition) is 1. The molecule has 0 aliphatic rings. The molecule has 0 bridgehead atoms. The van der Waals surface area contributed by atoms with E-state index in [1.807, 2.05) is 0 Å². The fourth-order valence-corrected chi connectivity index (χ4v) is 4.02. The molecule has 0 spiro atoms. The Morgan fingerprint density at radius 2 is 2.14 bits per heavy atom. The Kier molecular flexibility index (Phi) is 2.68. The van der Waals surface area contributed by atoms with Gasteiger partial charge in [0.15, 0.2) is 9.28 Å². The number of rotatable bonds is 2. The largest absolute Gasteiger partial charge is 0.386 e. The average molecular weight is 158 g/mol. The molecule has 0 fully saturated rings. The minimum Gasteiger partial charge on any atom is -0.306 e. The van der Waals surface area contributed by atoms with Gasteiger partial charge in [-0.05, 0) is 0 Å². The summed E-state index contributed by atoms with van der Waals surface area (Å²) in [4.78, 5) is 0. The zero-order valence-electron chi connectivity index (χ0n) is 3.79. The smallest absolute Gasteiger partial charge is 0.306 e. The van der Waals surface area contributed by atoms with Crippen molar-refractivity contribution in [2.45, 2.75) is 0 Å². The van der Waals surface area contributed by atoms with Gasteiger partial charge in [-0.2, -0.15) is 8.42 Å². The molecule has 0 aliphatic carbocycles. The predicted octanol–water partition coefficient (Wildman–Crippen LogP) is -2.83. The van der Waals surface area contributed by atoms with Gasteiger partial charge in [-0.3, -0.25) is 4.55 Å². The van der Waals surface area contributed by atoms with Crippen LogP contribution in [0.2, 0.25) is 0 Å². The van der Waals surface area contributed by atoms with E-state index in [1.54, 1.807) is 0 Å². The van der Waals surface area contributed by atoms with Gasteiger partial charge in [0.05, 0.1) is 0 Å². The molecular formula is H6O4SSi2. The maximum atomic E-state index is 9.62. The lowest BCUT2D eigenvalue weighted by Gasteiger charge is -1.89. The summed E-state index contributed by atoms with van der Waals surface area (Å²) in [6.45, 7) is 0. The van der Waals surface area contributed by atoms with E-state index in [0.29, 0.717) is 0 Å². The van der Waals surface area contributed by atoms with E-state index in [2.05, 4.69) is 3.87 Å². The summed E-state index contributed by atoms with van der Waals surface area (Å²) in [6, 6.07) is 0. The zero-order chi connectivity index (χ0) is 5.91. The minimum atomic E-state index is -4.08. The van der Waals surface area contributed by atoms with E-state index in [-0.39, 0.29) is 0 Å². The molecule has 0 aliphatic heterocycles. The first-order valence-corrected chi connectivity index (χ1v) is 9.28. The van der Waals surface area contributed by atoms with E-state index in [4.69, 9.17) is 4.55 Å². The normalized spacial score (nSPS) is 13.9. The lowest BCUT2D eigenvalue weighted by atomic mass is 15.8. The summed E-state index contributed by atoms with van der Waals surface area (Å²) >= 11 is 0. The molecule has 0 unspecified atom stereocenters. The molecule has 7 heteroatoms. The van der Waals surface area contributed by atoms with Crippen LogP contribution in [-0.2, 0) is 14.3 Å². The van der Waals surface area contributed by atoms with Gasteiger partial charge in [0.25, 0.3) is 0 Å². The van der Waals surface area contributed by atoms with Crippen LogP contribution >= 0.6 is 0 Å². The molecule has 44 valence electrons. The highest BCUT2D eigenvalue weighted by atomic mass is 32.3. The molecule has 0 amide bonds. The van der Waals surface area contributed by atoms with Crippen molar-refractivity contribution in [3.05, 3.63) is 0 Å². The van der Waals surface area contributed by atoms with E-state index in [9.17, 15) is 8.42 Å². The molecule has 7 heavy (non-hydrogen) atoms. The van der Waals surface area contributed by atoms with Crippen molar-refractivity contribution in [2.75, 3.05) is 0 Å². The molecule has 0 saturated heterocycles. The summed E-state index contributed by atoms with van der Waals surface area (Å²) in [5.41, 5.74) is 0. The third-order valence-electron chi connectivity index (χ3n) is 0.267. The molecular weight excluding hydrogens is 152 g/mol. The maximum Gasteiger partial charge on any atom is 0.386 e. The first-order valence-electron chi connectivity index (χ1n) is 1.68. The standard InChI is InChI=1S/H6O4SSi2/c1-5(2,3)4-7-6/h7H2,6H3,(H,1,2,3). The van der Waals surface area contributed by atoms with Crippen LogP contribution in [-0.4, -0.2) is 32.0 Å². The summed E-state index contributed by atoms with van der Waals surface area (Å²) in [5.74, 6) is 0. The second kappa shape index (κ2) is 2.57. The van der Waals surface area contributed by atoms with Gasteiger partial charge >= 0.3 is 10.4 Å². The van der Waals surface area contributed by atoms with Crippen LogP contribution in [0.3, 0.4) is 0 Å². The van der Waals surface area contributed by atoms with Gasteiger partial charge in [-0.25, -0.2) is 0 Å². The Morgan fingerprint density at radius 1 is 1.71 bits per heavy atom. The first kappa shape index (κ1) is 7.30. The van der Waals surface area contributed by atoms with E-state index in [0.717, 1.165) is 9.76 Å². The zero-order valence-corrected chi connectivity index (χ0v) is 8.02. The van der Waals surface area contributed by atoms with Gasteiger partial charge in [0, 0.05) is 9.76 Å². The van der Waals surface area contributed by atoms with Gasteiger partial charge in [-0.1, -0.05) is 0 Å². The topological polar surface area (TPSA) is 63.6 Å². The van der Waals surface area contributed by atoms with Crippen LogP contribution < -0.4 is 0 Å². The van der Waals surface area contributed by atoms with Gasteiger partial charge < -0.3 is 3.87 Å². The van der Waals surface area contributed by atoms with E-state index >= 15 is 0 Å². The fourth-order valence-electron chi connectivity index (χ4n) is 0.149. The Balaban J connectivity index is 3.60. The fraction of sp³-hybridized carbons (Fsp3) is 0. The number of hydrogen-bond acceptors (Lipinski definition) is 3. The third kappa shape index (κ3) is 6.30. The second-order valence-electron chi connectivity index (χ2n) is 0.834. The average Bonchev–Trinajstić information content (AvgIpc) is 1.30. The molecule has 0 radical (unpaired) electrons. The second-order valence-corrected chi connectivity index (χ2v) is 4.94. The summed E-state index contributed by atoms with van der Waals surface area (Å²) in [7, 11) is -4.22. The highest BCUT2D eigenvalue weighted by Gasteiger charge is 1.97. The molecule has 1 N–H and O–H groups in total. The van der Waals surface area contributed by atoms with E-state index in [1.165, 1.54) is 0 Å². The van der Waals surface area contributed by atoms with Gasteiger partial charge in [0.2, 0.25) is 0 Å². The van der Waals surface area contributed by atoms with Crippen LogP contribution in [0.1, 0.15) is 0 Å². The molecule has 0 aromatic heterocycles. The summed E-state index contributed by atoms with van der Waals surface area (Å²) in [6.07, 6.45) is 0. The van der Waals surface area contributed by atoms with Crippen LogP contribution in [0.4, 0.5) is 0 Å². The van der Waals surface area contributed by atoms with Crippen molar-refractivity contribution in [1.82, 2.24) is 0 Å². The molecule has 0 aromatic carbocycles. The predicted molar refractivity (Wildman–Crippen MR) is 31.1 cm³/mol. The first-order chi connectivity index (χ1) is 3.06. The maximum absolute atomic E-state index is 9.62. The summed E-state index contributed by atoms with van der Waals surface area (Å²) in [5, 5.41) is 0. The van der Waals surface area contributed by atoms with Crippen LogP contribution in [0.25, 0.3) is 0 Å². The van der Waals surface area contributed by atoms with Crippen molar-refractivity contribution < 1.29 is 16.8 Å². The highest BCUT2D eigenvalue weighted by molar-refractivity contribution is 7.81. The molecule has 4 nitrogen and oxygen atoms in total. The van der Waals surface area contributed by atoms with Crippen molar-refractivity contribution in [2.24, 2.45) is 0 Å². The SMILES string of the molecule is O=S(=O)(O)O[SiH2][SiH3]. The van der Waals surface area contributed by atoms with Crippen molar-refractivity contribution in [3.8, 4) is 0 Å². The van der Waals surface area contributed by atoms with Crippen LogP contribution in [0.5, 0.6) is 0 Å². The molecule has 0 rings (SSSR count). The lowest BCUT2D eigenvalue weighted by molar-refractivity contribution is 0.398. The Hall–Kier alpha value is 0.304. The Morgan fingerprint density at radius 3 is 2.14 bits per heavy atom. The summed E-state index contributed by atoms with van der Waals surface area (Å²) < 4.78 is 31.0. The highest BCUT2D eigenvalue weighted by Crippen LogP contribution is 1.77.